The third-order valence-corrected chi connectivity index (χ3v) is 4.69. The van der Waals surface area contributed by atoms with Gasteiger partial charge in [0.05, 0.1) is 18.7 Å². The Morgan fingerprint density at radius 2 is 2.21 bits per heavy atom. The first kappa shape index (κ1) is 17.9. The van der Waals surface area contributed by atoms with Gasteiger partial charge in [-0.1, -0.05) is 12.1 Å². The number of thiophene rings is 1. The fraction of sp³-hybridized carbons (Fsp3) is 0.176. The molecule has 2 N–H and O–H groups in total. The summed E-state index contributed by atoms with van der Waals surface area (Å²) in [4.78, 5) is 13.4. The number of rotatable bonds is 7. The molecule has 0 atom stereocenters. The number of nitriles is 1. The molecule has 0 aliphatic rings. The Kier molecular flexibility index (Phi) is 6.73. The van der Waals surface area contributed by atoms with Gasteiger partial charge in [0.2, 0.25) is 0 Å². The van der Waals surface area contributed by atoms with Gasteiger partial charge >= 0.3 is 0 Å². The van der Waals surface area contributed by atoms with Crippen LogP contribution in [0.25, 0.3) is 0 Å². The molecule has 0 saturated carbocycles. The van der Waals surface area contributed by atoms with Gasteiger partial charge in [0, 0.05) is 16.6 Å². The molecule has 1 heterocycles. The Balaban J connectivity index is 2.15. The van der Waals surface area contributed by atoms with Gasteiger partial charge in [-0.05, 0) is 29.8 Å². The highest BCUT2D eigenvalue weighted by atomic mass is 32.2. The average molecular weight is 359 g/mol. The van der Waals surface area contributed by atoms with Crippen molar-refractivity contribution in [2.75, 3.05) is 18.7 Å². The number of hydrogen-bond acceptors (Lipinski definition) is 6. The van der Waals surface area contributed by atoms with Gasteiger partial charge in [-0.3, -0.25) is 4.79 Å². The van der Waals surface area contributed by atoms with Crippen LogP contribution in [-0.2, 0) is 11.3 Å². The molecule has 2 aromatic rings. The molecular weight excluding hydrogens is 342 g/mol. The summed E-state index contributed by atoms with van der Waals surface area (Å²) in [5, 5.41) is 17.7. The third kappa shape index (κ3) is 4.78. The molecule has 0 aliphatic carbocycles. The molecular formula is C17H17N3O2S2. The number of carbonyl (C=O) groups excluding carboxylic acids is 1. The Bertz CT molecular complexity index is 764. The molecule has 2 rings (SSSR count). The first-order valence-electron chi connectivity index (χ1n) is 7.08. The number of methoxy groups -OCH3 is 1. The summed E-state index contributed by atoms with van der Waals surface area (Å²) >= 11 is 2.87. The lowest BCUT2D eigenvalue weighted by Gasteiger charge is -2.12. The van der Waals surface area contributed by atoms with E-state index in [0.717, 1.165) is 10.6 Å². The van der Waals surface area contributed by atoms with Crippen LogP contribution in [0, 0.1) is 11.3 Å². The molecule has 1 amide bonds. The van der Waals surface area contributed by atoms with Crippen molar-refractivity contribution in [1.82, 2.24) is 5.32 Å². The highest BCUT2D eigenvalue weighted by Gasteiger charge is 2.15. The van der Waals surface area contributed by atoms with E-state index < -0.39 is 5.91 Å². The monoisotopic (exact) mass is 359 g/mol. The molecule has 1 aromatic carbocycles. The number of benzene rings is 1. The van der Waals surface area contributed by atoms with E-state index in [-0.39, 0.29) is 5.57 Å². The van der Waals surface area contributed by atoms with E-state index in [1.54, 1.807) is 24.5 Å². The maximum Gasteiger partial charge on any atom is 0.264 e. The van der Waals surface area contributed by atoms with Crippen LogP contribution >= 0.6 is 23.1 Å². The van der Waals surface area contributed by atoms with Gasteiger partial charge in [-0.2, -0.15) is 5.26 Å². The second-order valence-corrected chi connectivity index (χ2v) is 6.49. The highest BCUT2D eigenvalue weighted by Crippen LogP contribution is 2.23. The molecule has 0 radical (unpaired) electrons. The van der Waals surface area contributed by atoms with Gasteiger partial charge in [-0.15, -0.1) is 23.1 Å². The number of nitrogens with one attached hydrogen (secondary N) is 2. The largest absolute Gasteiger partial charge is 0.497 e. The summed E-state index contributed by atoms with van der Waals surface area (Å²) < 4.78 is 5.18. The maximum atomic E-state index is 12.3. The number of thioether (sulfide) groups is 1. The van der Waals surface area contributed by atoms with E-state index in [0.29, 0.717) is 17.3 Å². The van der Waals surface area contributed by atoms with Crippen molar-refractivity contribution in [3.8, 4) is 11.8 Å². The summed E-state index contributed by atoms with van der Waals surface area (Å²) in [6.45, 7) is 0.405. The van der Waals surface area contributed by atoms with Crippen molar-refractivity contribution in [2.24, 2.45) is 0 Å². The van der Waals surface area contributed by atoms with Crippen LogP contribution in [0.4, 0.5) is 5.69 Å². The Morgan fingerprint density at radius 1 is 1.38 bits per heavy atom. The number of anilines is 1. The molecule has 0 fully saturated rings. The lowest BCUT2D eigenvalue weighted by Crippen LogP contribution is -2.25. The fourth-order valence-electron chi connectivity index (χ4n) is 1.92. The van der Waals surface area contributed by atoms with E-state index >= 15 is 0 Å². The predicted molar refractivity (Wildman–Crippen MR) is 98.9 cm³/mol. The summed E-state index contributed by atoms with van der Waals surface area (Å²) in [7, 11) is 1.59. The molecule has 7 heteroatoms. The van der Waals surface area contributed by atoms with Crippen molar-refractivity contribution in [1.29, 1.82) is 5.26 Å². The van der Waals surface area contributed by atoms with Crippen molar-refractivity contribution in [2.45, 2.75) is 6.54 Å². The number of hydrogen-bond donors (Lipinski definition) is 2. The Morgan fingerprint density at radius 3 is 2.83 bits per heavy atom. The minimum Gasteiger partial charge on any atom is -0.497 e. The zero-order chi connectivity index (χ0) is 17.4. The van der Waals surface area contributed by atoms with E-state index in [9.17, 15) is 10.1 Å². The van der Waals surface area contributed by atoms with Gasteiger partial charge in [0.25, 0.3) is 5.91 Å². The smallest absolute Gasteiger partial charge is 0.264 e. The maximum absolute atomic E-state index is 12.3. The third-order valence-electron chi connectivity index (χ3n) is 3.10. The van der Waals surface area contributed by atoms with Crippen LogP contribution in [0.2, 0.25) is 0 Å². The first-order valence-corrected chi connectivity index (χ1v) is 9.18. The van der Waals surface area contributed by atoms with Crippen LogP contribution < -0.4 is 15.4 Å². The normalized spacial score (nSPS) is 11.2. The van der Waals surface area contributed by atoms with Gasteiger partial charge in [0.1, 0.15) is 17.4 Å². The number of amides is 1. The predicted octanol–water partition coefficient (Wildman–Crippen LogP) is 3.58. The quantitative estimate of drug-likeness (QED) is 0.584. The van der Waals surface area contributed by atoms with Crippen molar-refractivity contribution in [3.05, 3.63) is 57.3 Å². The first-order chi connectivity index (χ1) is 11.7. The lowest BCUT2D eigenvalue weighted by molar-refractivity contribution is -0.117. The highest BCUT2D eigenvalue weighted by molar-refractivity contribution is 8.02. The standard InChI is InChI=1S/C17H17N3O2S2/c1-22-13-6-3-5-12(9-13)20-17(23-2)15(10-18)16(21)19-11-14-7-4-8-24-14/h3-9,20H,11H2,1-2H3,(H,19,21)/b17-15+. The lowest BCUT2D eigenvalue weighted by atomic mass is 10.2. The molecule has 0 spiro atoms. The van der Waals surface area contributed by atoms with Gasteiger partial charge < -0.3 is 15.4 Å². The molecule has 0 saturated heterocycles. The van der Waals surface area contributed by atoms with Crippen LogP contribution in [0.5, 0.6) is 5.75 Å². The molecule has 0 bridgehead atoms. The van der Waals surface area contributed by atoms with Crippen molar-refractivity contribution < 1.29 is 9.53 Å². The second-order valence-electron chi connectivity index (χ2n) is 4.64. The zero-order valence-electron chi connectivity index (χ0n) is 13.3. The van der Waals surface area contributed by atoms with Crippen LogP contribution in [-0.4, -0.2) is 19.3 Å². The zero-order valence-corrected chi connectivity index (χ0v) is 15.0. The fourth-order valence-corrected chi connectivity index (χ4v) is 3.13. The van der Waals surface area contributed by atoms with Gasteiger partial charge in [0.15, 0.2) is 0 Å². The van der Waals surface area contributed by atoms with Crippen LogP contribution in [0.1, 0.15) is 4.88 Å². The average Bonchev–Trinajstić information content (AvgIpc) is 3.13. The number of ether oxygens (including phenoxy) is 1. The summed E-state index contributed by atoms with van der Waals surface area (Å²) in [6.07, 6.45) is 1.81. The van der Waals surface area contributed by atoms with Crippen molar-refractivity contribution in [3.63, 3.8) is 0 Å². The second kappa shape index (κ2) is 9.01. The SMILES string of the molecule is COc1cccc(N/C(SC)=C(/C#N)C(=O)NCc2cccs2)c1. The number of carbonyl (C=O) groups is 1. The molecule has 5 nitrogen and oxygen atoms in total. The minimum absolute atomic E-state index is 0.0573. The van der Waals surface area contributed by atoms with E-state index in [1.807, 2.05) is 48.0 Å². The summed E-state index contributed by atoms with van der Waals surface area (Å²) in [6, 6.07) is 13.2. The minimum atomic E-state index is -0.398. The molecule has 0 aliphatic heterocycles. The van der Waals surface area contributed by atoms with E-state index in [1.165, 1.54) is 11.8 Å². The van der Waals surface area contributed by atoms with E-state index in [2.05, 4.69) is 10.6 Å². The van der Waals surface area contributed by atoms with Crippen LogP contribution in [0.3, 0.4) is 0 Å². The Hall–Kier alpha value is -2.43. The molecule has 1 aromatic heterocycles. The molecule has 0 unspecified atom stereocenters. The van der Waals surface area contributed by atoms with Gasteiger partial charge in [-0.25, -0.2) is 0 Å². The topological polar surface area (TPSA) is 74.1 Å². The van der Waals surface area contributed by atoms with Crippen LogP contribution in [0.15, 0.2) is 52.4 Å². The summed E-state index contributed by atoms with van der Waals surface area (Å²) in [5.41, 5.74) is 0.805. The summed E-state index contributed by atoms with van der Waals surface area (Å²) in [5.74, 6) is 0.298. The van der Waals surface area contributed by atoms with E-state index in [4.69, 9.17) is 4.74 Å². The number of nitrogens with zero attached hydrogens (tertiary/aromatic N) is 1. The molecule has 124 valence electrons. The molecule has 24 heavy (non-hydrogen) atoms. The van der Waals surface area contributed by atoms with Crippen molar-refractivity contribution >= 4 is 34.7 Å². The Labute approximate surface area is 149 Å².